The van der Waals surface area contributed by atoms with Crippen molar-refractivity contribution in [3.8, 4) is 0 Å². The number of para-hydroxylation sites is 1. The molecule has 0 radical (unpaired) electrons. The molecule has 1 aromatic heterocycles. The van der Waals surface area contributed by atoms with Crippen molar-refractivity contribution in [3.05, 3.63) is 38.9 Å². The van der Waals surface area contributed by atoms with Crippen LogP contribution in [-0.2, 0) is 9.59 Å². The lowest BCUT2D eigenvalue weighted by Gasteiger charge is -2.32. The number of aryl methyl sites for hydroxylation is 2. The van der Waals surface area contributed by atoms with Crippen LogP contribution in [0.5, 0.6) is 0 Å². The zero-order chi connectivity index (χ0) is 22.8. The number of nitrogens with zero attached hydrogens (tertiary/aromatic N) is 2. The number of hydrogen-bond donors (Lipinski definition) is 4. The van der Waals surface area contributed by atoms with Crippen LogP contribution in [0.2, 0.25) is 0 Å². The maximum absolute atomic E-state index is 12.8. The molecular weight excluding hydrogens is 454 g/mol. The van der Waals surface area contributed by atoms with Crippen molar-refractivity contribution >= 4 is 53.8 Å². The van der Waals surface area contributed by atoms with Gasteiger partial charge in [-0.25, -0.2) is 0 Å². The van der Waals surface area contributed by atoms with Crippen molar-refractivity contribution in [3.63, 3.8) is 0 Å². The third-order valence-electron chi connectivity index (χ3n) is 5.55. The van der Waals surface area contributed by atoms with E-state index in [4.69, 9.17) is 24.4 Å². The van der Waals surface area contributed by atoms with E-state index in [0.29, 0.717) is 27.4 Å². The van der Waals surface area contributed by atoms with Gasteiger partial charge in [0.1, 0.15) is 18.7 Å². The highest BCUT2D eigenvalue weighted by Gasteiger charge is 2.62. The summed E-state index contributed by atoms with van der Waals surface area (Å²) in [4.78, 5) is 34.0. The minimum atomic E-state index is -0.824. The van der Waals surface area contributed by atoms with Gasteiger partial charge in [-0.2, -0.15) is 4.98 Å². The van der Waals surface area contributed by atoms with E-state index in [2.05, 4.69) is 20.3 Å². The Labute approximate surface area is 195 Å². The average Bonchev–Trinajstić information content (AvgIpc) is 3.36. The van der Waals surface area contributed by atoms with Crippen LogP contribution in [0.25, 0.3) is 0 Å². The van der Waals surface area contributed by atoms with Crippen LogP contribution < -0.4 is 9.80 Å². The van der Waals surface area contributed by atoms with Gasteiger partial charge >= 0.3 is 5.97 Å². The molecule has 0 saturated carbocycles. The van der Waals surface area contributed by atoms with Crippen LogP contribution in [0.4, 0.5) is 5.69 Å². The fraction of sp³-hybridized carbons (Fsp3) is 0.450. The largest absolute Gasteiger partial charge is 0.481 e. The molecule has 0 spiro atoms. The number of quaternary nitrogens is 1. The number of carbonyl (C=O) groups excluding carboxylic acids is 1. The lowest BCUT2D eigenvalue weighted by molar-refractivity contribution is -0.137. The van der Waals surface area contributed by atoms with Crippen molar-refractivity contribution in [1.82, 2.24) is 24.8 Å². The molecule has 3 atom stereocenters. The molecule has 1 fully saturated rings. The highest BCUT2D eigenvalue weighted by Crippen LogP contribution is 2.47. The van der Waals surface area contributed by atoms with E-state index < -0.39 is 5.97 Å². The van der Waals surface area contributed by atoms with Gasteiger partial charge in [0, 0.05) is 17.5 Å². The van der Waals surface area contributed by atoms with Crippen molar-refractivity contribution in [2.45, 2.75) is 51.0 Å². The lowest BCUT2D eigenvalue weighted by atomic mass is 10.1. The molecule has 8 nitrogen and oxygen atoms in total. The first-order valence-electron chi connectivity index (χ1n) is 9.96. The monoisotopic (exact) mass is 480 g/mol. The molecule has 1 amide bonds. The Balaban J connectivity index is 1.81. The molecule has 11 heteroatoms. The number of H-pyrrole nitrogens is 2. The Hall–Kier alpha value is -2.08. The number of amides is 1. The first-order chi connectivity index (χ1) is 14.7. The molecule has 0 aliphatic carbocycles. The van der Waals surface area contributed by atoms with Crippen LogP contribution in [0.3, 0.4) is 0 Å². The topological polar surface area (TPSA) is 111 Å². The summed E-state index contributed by atoms with van der Waals surface area (Å²) in [5.74, 6) is -0.833. The molecule has 0 bridgehead atoms. The van der Waals surface area contributed by atoms with Gasteiger partial charge in [0.2, 0.25) is 10.7 Å². The number of carbonyl (C=O) groups is 2. The first kappa shape index (κ1) is 23.6. The maximum atomic E-state index is 12.8. The van der Waals surface area contributed by atoms with Crippen molar-refractivity contribution < 1.29 is 14.7 Å². The zero-order valence-electron chi connectivity index (χ0n) is 17.6. The van der Waals surface area contributed by atoms with Gasteiger partial charge in [-0.05, 0) is 38.3 Å². The third-order valence-corrected chi connectivity index (χ3v) is 6.82. The van der Waals surface area contributed by atoms with E-state index >= 15 is 0 Å². The summed E-state index contributed by atoms with van der Waals surface area (Å²) in [6, 6.07) is 6.00. The molecular formula is C20H26N5O3S3+. The summed E-state index contributed by atoms with van der Waals surface area (Å²) in [5.41, 5.74) is 3.31. The Kier molecular flexibility index (Phi) is 7.30. The average molecular weight is 481 g/mol. The van der Waals surface area contributed by atoms with Crippen LogP contribution in [-0.4, -0.2) is 56.4 Å². The SMILES string of the molecule is CCC(NC(=O)CSc1nc(=S)[nH]c(=S)[nH]1)[N+]1(c2c(C)cccc2C)CC1CC(=O)O. The quantitative estimate of drug-likeness (QED) is 0.188. The Bertz CT molecular complexity index is 1070. The summed E-state index contributed by atoms with van der Waals surface area (Å²) < 4.78 is 1.09. The molecule has 1 aromatic carbocycles. The summed E-state index contributed by atoms with van der Waals surface area (Å²) in [5, 5.41) is 13.0. The molecule has 3 rings (SSSR count). The third kappa shape index (κ3) is 5.22. The van der Waals surface area contributed by atoms with Gasteiger partial charge in [-0.1, -0.05) is 36.9 Å². The number of thioether (sulfide) groups is 1. The van der Waals surface area contributed by atoms with Crippen LogP contribution in [0, 0.1) is 23.4 Å². The summed E-state index contributed by atoms with van der Waals surface area (Å²) in [6.45, 7) is 6.77. The van der Waals surface area contributed by atoms with Crippen molar-refractivity contribution in [1.29, 1.82) is 0 Å². The standard InChI is InChI=1S/C20H25N5O3S3/c1-4-14(21-15(26)10-31-20-23-18(29)22-19(30)24-20)25(9-13(25)8-16(27)28)17-11(2)6-5-7-12(17)3/h5-7,13-14H,4,8-10H2,1-3H3,(H3-,21,22,23,24,26,27,28,29,30)/p+1. The Morgan fingerprint density at radius 1 is 1.32 bits per heavy atom. The molecule has 1 saturated heterocycles. The van der Waals surface area contributed by atoms with Crippen molar-refractivity contribution in [2.24, 2.45) is 0 Å². The normalized spacial score (nSPS) is 20.8. The number of benzene rings is 1. The second-order valence-corrected chi connectivity index (χ2v) is 9.45. The number of nitrogens with one attached hydrogen (secondary N) is 3. The van der Waals surface area contributed by atoms with Gasteiger partial charge in [0.25, 0.3) is 0 Å². The first-order valence-corrected chi connectivity index (χ1v) is 11.8. The van der Waals surface area contributed by atoms with E-state index in [1.165, 1.54) is 11.8 Å². The highest BCUT2D eigenvalue weighted by atomic mass is 32.2. The fourth-order valence-electron chi connectivity index (χ4n) is 4.35. The molecule has 1 aliphatic heterocycles. The smallest absolute Gasteiger partial charge is 0.309 e. The van der Waals surface area contributed by atoms with E-state index in [1.807, 2.05) is 39.0 Å². The summed E-state index contributed by atoms with van der Waals surface area (Å²) >= 11 is 11.3. The minimum absolute atomic E-state index is 0.0670. The predicted octanol–water partition coefficient (Wildman–Crippen LogP) is 3.62. The number of rotatable bonds is 9. The number of aromatic amines is 2. The lowest BCUT2D eigenvalue weighted by Crippen LogP contribution is -2.53. The second kappa shape index (κ2) is 9.60. The van der Waals surface area contributed by atoms with Crippen LogP contribution in [0.15, 0.2) is 23.4 Å². The second-order valence-electron chi connectivity index (χ2n) is 7.69. The number of aromatic nitrogens is 3. The molecule has 1 aliphatic rings. The molecule has 2 heterocycles. The predicted molar refractivity (Wildman–Crippen MR) is 126 cm³/mol. The van der Waals surface area contributed by atoms with Crippen LogP contribution in [0.1, 0.15) is 30.9 Å². The van der Waals surface area contributed by atoms with E-state index in [1.54, 1.807) is 0 Å². The van der Waals surface area contributed by atoms with E-state index in [-0.39, 0.29) is 35.1 Å². The number of carboxylic acids is 1. The summed E-state index contributed by atoms with van der Waals surface area (Å²) in [6.07, 6.45) is 0.525. The number of hydrogen-bond acceptors (Lipinski definition) is 6. The maximum Gasteiger partial charge on any atom is 0.309 e. The minimum Gasteiger partial charge on any atom is -0.481 e. The fourth-order valence-corrected chi connectivity index (χ4v) is 5.61. The summed E-state index contributed by atoms with van der Waals surface area (Å²) in [7, 11) is 0. The van der Waals surface area contributed by atoms with Gasteiger partial charge < -0.3 is 20.4 Å². The van der Waals surface area contributed by atoms with Crippen LogP contribution >= 0.6 is 36.2 Å². The Morgan fingerprint density at radius 3 is 2.58 bits per heavy atom. The van der Waals surface area contributed by atoms with Gasteiger partial charge in [0.15, 0.2) is 22.1 Å². The molecule has 3 unspecified atom stereocenters. The van der Waals surface area contributed by atoms with Gasteiger partial charge in [-0.3, -0.25) is 14.1 Å². The van der Waals surface area contributed by atoms with Gasteiger partial charge in [-0.15, -0.1) is 0 Å². The molecule has 166 valence electrons. The number of carboxylic acid groups (broad SMARTS) is 1. The van der Waals surface area contributed by atoms with Gasteiger partial charge in [0.05, 0.1) is 5.75 Å². The zero-order valence-corrected chi connectivity index (χ0v) is 20.0. The number of aliphatic carboxylic acids is 1. The molecule has 2 aromatic rings. The van der Waals surface area contributed by atoms with E-state index in [9.17, 15) is 14.7 Å². The van der Waals surface area contributed by atoms with Crippen molar-refractivity contribution in [2.75, 3.05) is 12.3 Å². The Morgan fingerprint density at radius 2 is 2.00 bits per heavy atom. The molecule has 4 N–H and O–H groups in total. The molecule has 31 heavy (non-hydrogen) atoms. The highest BCUT2D eigenvalue weighted by molar-refractivity contribution is 7.99. The van der Waals surface area contributed by atoms with E-state index in [0.717, 1.165) is 16.8 Å².